The molecular formula is C18H17NO3. The van der Waals surface area contributed by atoms with Gasteiger partial charge in [0.15, 0.2) is 5.76 Å². The lowest BCUT2D eigenvalue weighted by molar-refractivity contribution is 0.0918. The molecule has 0 aliphatic heterocycles. The maximum absolute atomic E-state index is 12.4. The number of furan rings is 1. The van der Waals surface area contributed by atoms with Gasteiger partial charge in [0.25, 0.3) is 5.91 Å². The van der Waals surface area contributed by atoms with Crippen molar-refractivity contribution in [3.8, 4) is 0 Å². The third-order valence-corrected chi connectivity index (χ3v) is 3.49. The minimum Gasteiger partial charge on any atom is -0.451 e. The number of hydrogen-bond donors (Lipinski definition) is 1. The lowest BCUT2D eigenvalue weighted by Gasteiger charge is -2.05. The Bertz CT molecular complexity index is 777. The average molecular weight is 295 g/mol. The topological polar surface area (TPSA) is 51.5 Å². The van der Waals surface area contributed by atoms with Gasteiger partial charge in [0.05, 0.1) is 6.61 Å². The zero-order chi connectivity index (χ0) is 15.4. The van der Waals surface area contributed by atoms with Crippen LogP contribution in [0, 0.1) is 0 Å². The van der Waals surface area contributed by atoms with Crippen LogP contribution in [0.15, 0.2) is 59.0 Å². The highest BCUT2D eigenvalue weighted by Gasteiger charge is 2.19. The van der Waals surface area contributed by atoms with Crippen LogP contribution in [0.5, 0.6) is 0 Å². The minimum absolute atomic E-state index is 0.230. The molecule has 0 bridgehead atoms. The van der Waals surface area contributed by atoms with Gasteiger partial charge in [0.1, 0.15) is 5.58 Å². The molecule has 22 heavy (non-hydrogen) atoms. The summed E-state index contributed by atoms with van der Waals surface area (Å²) in [5.41, 5.74) is 2.52. The van der Waals surface area contributed by atoms with Gasteiger partial charge in [-0.2, -0.15) is 0 Å². The Labute approximate surface area is 128 Å². The number of fused-ring (bicyclic) bond motifs is 1. The molecule has 3 aromatic rings. The maximum atomic E-state index is 12.4. The quantitative estimate of drug-likeness (QED) is 0.783. The molecule has 0 atom stereocenters. The molecule has 4 heteroatoms. The van der Waals surface area contributed by atoms with Gasteiger partial charge in [0.2, 0.25) is 0 Å². The fourth-order valence-electron chi connectivity index (χ4n) is 2.43. The van der Waals surface area contributed by atoms with E-state index < -0.39 is 0 Å². The van der Waals surface area contributed by atoms with Crippen LogP contribution < -0.4 is 5.32 Å². The predicted octanol–water partition coefficient (Wildman–Crippen LogP) is 3.51. The summed E-state index contributed by atoms with van der Waals surface area (Å²) in [6, 6.07) is 17.4. The van der Waals surface area contributed by atoms with Crippen LogP contribution in [-0.4, -0.2) is 13.0 Å². The Kier molecular flexibility index (Phi) is 4.21. The van der Waals surface area contributed by atoms with Gasteiger partial charge in [-0.25, -0.2) is 0 Å². The fraction of sp³-hybridized carbons (Fsp3) is 0.167. The molecule has 0 fully saturated rings. The molecule has 0 radical (unpaired) electrons. The Morgan fingerprint density at radius 1 is 1.09 bits per heavy atom. The van der Waals surface area contributed by atoms with E-state index in [1.807, 2.05) is 54.6 Å². The van der Waals surface area contributed by atoms with E-state index in [1.165, 1.54) is 0 Å². The number of benzene rings is 2. The monoisotopic (exact) mass is 295 g/mol. The summed E-state index contributed by atoms with van der Waals surface area (Å²) in [4.78, 5) is 12.4. The summed E-state index contributed by atoms with van der Waals surface area (Å²) in [5.74, 6) is 0.0890. The van der Waals surface area contributed by atoms with Crippen LogP contribution in [-0.2, 0) is 17.9 Å². The van der Waals surface area contributed by atoms with Gasteiger partial charge in [-0.3, -0.25) is 4.79 Å². The summed E-state index contributed by atoms with van der Waals surface area (Å²) in [5, 5.41) is 3.80. The van der Waals surface area contributed by atoms with Gasteiger partial charge >= 0.3 is 0 Å². The molecule has 0 unspecified atom stereocenters. The fourth-order valence-corrected chi connectivity index (χ4v) is 2.43. The van der Waals surface area contributed by atoms with E-state index in [1.54, 1.807) is 7.11 Å². The molecule has 0 saturated heterocycles. The van der Waals surface area contributed by atoms with Gasteiger partial charge in [-0.05, 0) is 11.6 Å². The van der Waals surface area contributed by atoms with Crippen molar-refractivity contribution >= 4 is 16.9 Å². The lowest BCUT2D eigenvalue weighted by atomic mass is 10.1. The van der Waals surface area contributed by atoms with E-state index in [-0.39, 0.29) is 5.91 Å². The molecular weight excluding hydrogens is 278 g/mol. The van der Waals surface area contributed by atoms with Crippen molar-refractivity contribution in [1.29, 1.82) is 0 Å². The summed E-state index contributed by atoms with van der Waals surface area (Å²) in [6.45, 7) is 0.800. The highest BCUT2D eigenvalue weighted by molar-refractivity contribution is 5.99. The van der Waals surface area contributed by atoms with E-state index in [0.29, 0.717) is 24.5 Å². The number of amides is 1. The van der Waals surface area contributed by atoms with Gasteiger partial charge in [0, 0.05) is 24.6 Å². The molecule has 3 rings (SSSR count). The van der Waals surface area contributed by atoms with Crippen molar-refractivity contribution in [3.63, 3.8) is 0 Å². The lowest BCUT2D eigenvalue weighted by Crippen LogP contribution is -2.23. The predicted molar refractivity (Wildman–Crippen MR) is 84.5 cm³/mol. The Morgan fingerprint density at radius 3 is 2.59 bits per heavy atom. The van der Waals surface area contributed by atoms with Crippen molar-refractivity contribution in [1.82, 2.24) is 5.32 Å². The average Bonchev–Trinajstić information content (AvgIpc) is 2.93. The Balaban J connectivity index is 1.85. The largest absolute Gasteiger partial charge is 0.451 e. The number of hydrogen-bond acceptors (Lipinski definition) is 3. The molecule has 2 aromatic carbocycles. The van der Waals surface area contributed by atoms with Crippen LogP contribution in [0.1, 0.15) is 21.7 Å². The zero-order valence-electron chi connectivity index (χ0n) is 12.3. The SMILES string of the molecule is COCc1c(C(=O)NCc2ccccc2)oc2ccccc12. The van der Waals surface area contributed by atoms with Crippen molar-refractivity contribution < 1.29 is 13.9 Å². The van der Waals surface area contributed by atoms with Crippen molar-refractivity contribution in [3.05, 3.63) is 71.5 Å². The van der Waals surface area contributed by atoms with Crippen molar-refractivity contribution in [2.24, 2.45) is 0 Å². The van der Waals surface area contributed by atoms with E-state index >= 15 is 0 Å². The van der Waals surface area contributed by atoms with Gasteiger partial charge in [-0.1, -0.05) is 48.5 Å². The first-order valence-electron chi connectivity index (χ1n) is 7.11. The molecule has 1 aromatic heterocycles. The molecule has 1 N–H and O–H groups in total. The van der Waals surface area contributed by atoms with E-state index in [4.69, 9.17) is 9.15 Å². The number of rotatable bonds is 5. The first-order valence-corrected chi connectivity index (χ1v) is 7.11. The molecule has 112 valence electrons. The number of nitrogens with one attached hydrogen (secondary N) is 1. The van der Waals surface area contributed by atoms with Gasteiger partial charge < -0.3 is 14.5 Å². The molecule has 1 heterocycles. The van der Waals surface area contributed by atoms with E-state index in [9.17, 15) is 4.79 Å². The Hall–Kier alpha value is -2.59. The second-order valence-corrected chi connectivity index (χ2v) is 5.01. The highest BCUT2D eigenvalue weighted by atomic mass is 16.5. The molecule has 1 amide bonds. The van der Waals surface area contributed by atoms with Crippen LogP contribution in [0.2, 0.25) is 0 Å². The maximum Gasteiger partial charge on any atom is 0.287 e. The summed E-state index contributed by atoms with van der Waals surface area (Å²) >= 11 is 0. The minimum atomic E-state index is -0.230. The molecule has 0 spiro atoms. The standard InChI is InChI=1S/C18H17NO3/c1-21-12-15-14-9-5-6-10-16(14)22-17(15)18(20)19-11-13-7-3-2-4-8-13/h2-10H,11-12H2,1H3,(H,19,20). The number of ether oxygens (including phenoxy) is 1. The van der Waals surface area contributed by atoms with Crippen LogP contribution >= 0.6 is 0 Å². The second-order valence-electron chi connectivity index (χ2n) is 5.01. The third-order valence-electron chi connectivity index (χ3n) is 3.49. The van der Waals surface area contributed by atoms with Crippen molar-refractivity contribution in [2.45, 2.75) is 13.2 Å². The molecule has 0 saturated carbocycles. The Morgan fingerprint density at radius 2 is 1.82 bits per heavy atom. The first-order chi connectivity index (χ1) is 10.8. The number of carbonyl (C=O) groups excluding carboxylic acids is 1. The number of para-hydroxylation sites is 1. The smallest absolute Gasteiger partial charge is 0.287 e. The molecule has 0 aliphatic carbocycles. The number of methoxy groups -OCH3 is 1. The molecule has 0 aliphatic rings. The van der Waals surface area contributed by atoms with E-state index in [0.717, 1.165) is 16.5 Å². The first kappa shape index (κ1) is 14.4. The van der Waals surface area contributed by atoms with Crippen molar-refractivity contribution in [2.75, 3.05) is 7.11 Å². The summed E-state index contributed by atoms with van der Waals surface area (Å²) in [6.07, 6.45) is 0. The van der Waals surface area contributed by atoms with Crippen LogP contribution in [0.4, 0.5) is 0 Å². The van der Waals surface area contributed by atoms with Gasteiger partial charge in [-0.15, -0.1) is 0 Å². The third kappa shape index (κ3) is 2.87. The normalized spacial score (nSPS) is 10.8. The zero-order valence-corrected chi connectivity index (χ0v) is 12.3. The molecule has 4 nitrogen and oxygen atoms in total. The second kappa shape index (κ2) is 6.45. The summed E-state index contributed by atoms with van der Waals surface area (Å²) in [7, 11) is 1.60. The summed E-state index contributed by atoms with van der Waals surface area (Å²) < 4.78 is 10.9. The number of carbonyl (C=O) groups is 1. The van der Waals surface area contributed by atoms with E-state index in [2.05, 4.69) is 5.32 Å². The highest BCUT2D eigenvalue weighted by Crippen LogP contribution is 2.26. The van der Waals surface area contributed by atoms with Crippen LogP contribution in [0.25, 0.3) is 11.0 Å². The van der Waals surface area contributed by atoms with Crippen LogP contribution in [0.3, 0.4) is 0 Å².